The number of nitrogens with zero attached hydrogens (tertiary/aromatic N) is 1. The average molecular weight is 439 g/mol. The Labute approximate surface area is 171 Å². The number of carbonyl (C=O) groups excluding carboxylic acids is 2. The topological polar surface area (TPSA) is 139 Å². The summed E-state index contributed by atoms with van der Waals surface area (Å²) < 4.78 is 33.9. The number of ketones is 1. The third-order valence-corrected chi connectivity index (χ3v) is 4.93. The molecule has 0 aliphatic heterocycles. The van der Waals surface area contributed by atoms with Crippen LogP contribution in [-0.2, 0) is 36.8 Å². The zero-order valence-corrected chi connectivity index (χ0v) is 16.3. The number of aryl methyl sites for hydroxylation is 1. The number of benzene rings is 2. The minimum absolute atomic E-state index is 0. The van der Waals surface area contributed by atoms with Gasteiger partial charge in [-0.15, -0.1) is 0 Å². The number of anilines is 1. The first kappa shape index (κ1) is 21.5. The van der Waals surface area contributed by atoms with E-state index < -0.39 is 32.3 Å². The van der Waals surface area contributed by atoms with E-state index in [0.717, 1.165) is 6.07 Å². The number of carboxylic acid groups (broad SMARTS) is 1. The zero-order chi connectivity index (χ0) is 19.8. The molecule has 0 aromatic heterocycles. The zero-order valence-electron chi connectivity index (χ0n) is 14.3. The summed E-state index contributed by atoms with van der Waals surface area (Å²) in [6, 6.07) is 10.5. The third kappa shape index (κ3) is 4.20. The molecule has 0 saturated carbocycles. The summed E-state index contributed by atoms with van der Waals surface area (Å²) in [5.74, 6) is -2.47. The molecule has 1 aliphatic carbocycles. The third-order valence-electron chi connectivity index (χ3n) is 3.95. The van der Waals surface area contributed by atoms with Gasteiger partial charge in [0.1, 0.15) is 15.8 Å². The first-order valence-electron chi connectivity index (χ1n) is 7.66. The number of fused-ring (bicyclic) bond motifs is 1. The van der Waals surface area contributed by atoms with Crippen LogP contribution in [0.4, 0.5) is 5.69 Å². The van der Waals surface area contributed by atoms with Gasteiger partial charge in [0, 0.05) is 11.1 Å². The maximum Gasteiger partial charge on any atom is 2.00 e. The Kier molecular flexibility index (Phi) is 6.20. The van der Waals surface area contributed by atoms with Crippen LogP contribution in [0.1, 0.15) is 16.7 Å². The molecule has 0 saturated heterocycles. The van der Waals surface area contributed by atoms with Crippen molar-refractivity contribution in [1.29, 1.82) is 0 Å². The first-order valence-corrected chi connectivity index (χ1v) is 9.06. The van der Waals surface area contributed by atoms with Crippen molar-refractivity contribution in [2.45, 2.75) is 11.8 Å². The number of carboxylic acids is 1. The number of aliphatic carboxylic acids is 1. The van der Waals surface area contributed by atoms with Gasteiger partial charge >= 0.3 is 17.1 Å². The van der Waals surface area contributed by atoms with Crippen molar-refractivity contribution in [3.8, 4) is 0 Å². The summed E-state index contributed by atoms with van der Waals surface area (Å²) >= 11 is 0. The molecule has 0 amide bonds. The van der Waals surface area contributed by atoms with E-state index in [4.69, 9.17) is 0 Å². The van der Waals surface area contributed by atoms with Gasteiger partial charge < -0.3 is 14.5 Å². The number of hydrogen-bond donors (Lipinski definition) is 1. The van der Waals surface area contributed by atoms with Crippen molar-refractivity contribution in [3.05, 3.63) is 64.7 Å². The summed E-state index contributed by atoms with van der Waals surface area (Å²) in [7, 11) is -4.68. The molecule has 143 valence electrons. The Morgan fingerprint density at radius 1 is 1.14 bits per heavy atom. The van der Waals surface area contributed by atoms with E-state index in [1.807, 2.05) is 0 Å². The van der Waals surface area contributed by atoms with Gasteiger partial charge in [-0.1, -0.05) is 30.3 Å². The summed E-state index contributed by atoms with van der Waals surface area (Å²) in [6.45, 7) is 1.47. The maximum absolute atomic E-state index is 12.4. The van der Waals surface area contributed by atoms with Crippen molar-refractivity contribution in [2.24, 2.45) is 5.10 Å². The maximum atomic E-state index is 12.4. The second kappa shape index (κ2) is 8.07. The van der Waals surface area contributed by atoms with Gasteiger partial charge in [0.25, 0.3) is 0 Å². The van der Waals surface area contributed by atoms with E-state index in [1.165, 1.54) is 25.1 Å². The Morgan fingerprint density at radius 3 is 2.46 bits per heavy atom. The monoisotopic (exact) mass is 439 g/mol. The minimum Gasteiger partial charge on any atom is -0.744 e. The summed E-state index contributed by atoms with van der Waals surface area (Å²) in [5, 5.41) is 15.2. The first-order chi connectivity index (χ1) is 12.7. The fourth-order valence-corrected chi connectivity index (χ4v) is 3.37. The molecule has 0 spiro atoms. The van der Waals surface area contributed by atoms with E-state index in [1.54, 1.807) is 24.3 Å². The largest absolute Gasteiger partial charge is 2.00 e. The number of Topliss-reactive ketones (excluding diaryl/α,β-unsaturated/α-hetero) is 1. The van der Waals surface area contributed by atoms with Gasteiger partial charge in [0.2, 0.25) is 5.78 Å². The normalized spacial score (nSPS) is 14.7. The Balaban J connectivity index is 0.00000280. The molecule has 2 aromatic rings. The van der Waals surface area contributed by atoms with Crippen LogP contribution in [-0.4, -0.2) is 30.4 Å². The molecule has 0 bridgehead atoms. The van der Waals surface area contributed by atoms with Crippen LogP contribution in [0.3, 0.4) is 0 Å². The van der Waals surface area contributed by atoms with E-state index in [-0.39, 0.29) is 34.0 Å². The predicted octanol–water partition coefficient (Wildman–Crippen LogP) is 0.429. The molecule has 0 atom stereocenters. The molecule has 2 aromatic carbocycles. The van der Waals surface area contributed by atoms with Crippen LogP contribution in [0.15, 0.2) is 58.0 Å². The van der Waals surface area contributed by atoms with Crippen molar-refractivity contribution in [1.82, 2.24) is 0 Å². The van der Waals surface area contributed by atoms with Crippen molar-refractivity contribution in [2.75, 3.05) is 5.43 Å². The smallest absolute Gasteiger partial charge is 0.744 e. The van der Waals surface area contributed by atoms with Crippen molar-refractivity contribution in [3.63, 3.8) is 0 Å². The molecular weight excluding hydrogens is 427 g/mol. The van der Waals surface area contributed by atoms with Gasteiger partial charge in [-0.2, -0.15) is 5.10 Å². The molecule has 1 radical (unpaired) electrons. The molecule has 10 heteroatoms. The summed E-state index contributed by atoms with van der Waals surface area (Å²) in [4.78, 5) is 23.2. The number of rotatable bonds is 4. The standard InChI is InChI=1S/C18H14N2O6S.Mn/c1-10-6-7-12(9-15(10)27(24,25)26)19-20-16-13-5-3-2-4-11(13)8-14(17(16)21)18(22)23;/h2-9,19H,1H3,(H,22,23)(H,24,25,26);/q;+2/p-2/b20-16+;. The molecule has 0 heterocycles. The fraction of sp³-hybridized carbons (Fsp3) is 0.0556. The van der Waals surface area contributed by atoms with Crippen LogP contribution < -0.4 is 10.5 Å². The predicted molar refractivity (Wildman–Crippen MR) is 93.7 cm³/mol. The van der Waals surface area contributed by atoms with Crippen molar-refractivity contribution < 1.29 is 44.7 Å². The average Bonchev–Trinajstić information content (AvgIpc) is 2.60. The van der Waals surface area contributed by atoms with Gasteiger partial charge in [0.15, 0.2) is 0 Å². The number of hydrazone groups is 1. The van der Waals surface area contributed by atoms with E-state index in [9.17, 15) is 27.7 Å². The van der Waals surface area contributed by atoms with E-state index in [0.29, 0.717) is 11.1 Å². The molecule has 0 unspecified atom stereocenters. The van der Waals surface area contributed by atoms with Crippen molar-refractivity contribution >= 4 is 39.3 Å². The number of hydrogen-bond acceptors (Lipinski definition) is 8. The molecule has 0 fully saturated rings. The minimum atomic E-state index is -4.68. The SMILES string of the molecule is Cc1ccc(N/N=C2/C(=O)C(C(=O)[O-])=Cc3ccccc32)cc1S(=O)(=O)[O-].[Mn+2]. The molecular formula is C18H12MnN2O6S. The summed E-state index contributed by atoms with van der Waals surface area (Å²) in [6.07, 6.45) is 1.21. The van der Waals surface area contributed by atoms with Gasteiger partial charge in [-0.05, 0) is 36.3 Å². The molecule has 1 aliphatic rings. The summed E-state index contributed by atoms with van der Waals surface area (Å²) in [5.41, 5.74) is 3.10. The van der Waals surface area contributed by atoms with Crippen LogP contribution in [0.2, 0.25) is 0 Å². The van der Waals surface area contributed by atoms with Crippen LogP contribution in [0, 0.1) is 6.92 Å². The fourth-order valence-electron chi connectivity index (χ4n) is 2.63. The Bertz CT molecular complexity index is 1140. The van der Waals surface area contributed by atoms with E-state index in [2.05, 4.69) is 10.5 Å². The van der Waals surface area contributed by atoms with Crippen LogP contribution >= 0.6 is 0 Å². The Morgan fingerprint density at radius 2 is 1.82 bits per heavy atom. The molecule has 1 N–H and O–H groups in total. The van der Waals surface area contributed by atoms with Gasteiger partial charge in [-0.3, -0.25) is 10.2 Å². The second-order valence-corrected chi connectivity index (χ2v) is 7.12. The second-order valence-electron chi connectivity index (χ2n) is 5.77. The quantitative estimate of drug-likeness (QED) is 0.315. The number of carbonyl (C=O) groups is 2. The van der Waals surface area contributed by atoms with Crippen LogP contribution in [0.25, 0.3) is 6.08 Å². The van der Waals surface area contributed by atoms with E-state index >= 15 is 0 Å². The molecule has 3 rings (SSSR count). The van der Waals surface area contributed by atoms with Gasteiger partial charge in [0.05, 0.1) is 16.6 Å². The number of nitrogens with one attached hydrogen (secondary N) is 1. The van der Waals surface area contributed by atoms with Gasteiger partial charge in [-0.25, -0.2) is 8.42 Å². The molecule has 8 nitrogen and oxygen atoms in total. The Hall–Kier alpha value is -2.78. The van der Waals surface area contributed by atoms with Crippen LogP contribution in [0.5, 0.6) is 0 Å². The molecule has 28 heavy (non-hydrogen) atoms.